The van der Waals surface area contributed by atoms with Gasteiger partial charge < -0.3 is 15.8 Å². The fraction of sp³-hybridized carbons (Fsp3) is 0.190. The Morgan fingerprint density at radius 1 is 1.11 bits per heavy atom. The smallest absolute Gasteiger partial charge is 0.319 e. The van der Waals surface area contributed by atoms with Crippen molar-refractivity contribution < 1.29 is 10.0 Å². The summed E-state index contributed by atoms with van der Waals surface area (Å²) in [5.74, 6) is 0. The van der Waals surface area contributed by atoms with E-state index in [-0.39, 0.29) is 6.03 Å². The van der Waals surface area contributed by atoms with Crippen LogP contribution in [0.5, 0.6) is 0 Å². The summed E-state index contributed by atoms with van der Waals surface area (Å²) in [4.78, 5) is 16.8. The van der Waals surface area contributed by atoms with Crippen molar-refractivity contribution in [1.29, 1.82) is 0 Å². The van der Waals surface area contributed by atoms with Gasteiger partial charge in [-0.2, -0.15) is 0 Å². The lowest BCUT2D eigenvalue weighted by atomic mass is 9.92. The van der Waals surface area contributed by atoms with Gasteiger partial charge in [0.05, 0.1) is 16.8 Å². The molecule has 3 rings (SSSR count). The molecule has 0 bridgehead atoms. The van der Waals surface area contributed by atoms with Crippen LogP contribution in [0.2, 0.25) is 0 Å². The average Bonchev–Trinajstić information content (AvgIpc) is 2.67. The second-order valence-corrected chi connectivity index (χ2v) is 6.88. The van der Waals surface area contributed by atoms with Crippen LogP contribution in [0.3, 0.4) is 0 Å². The number of aromatic nitrogens is 1. The van der Waals surface area contributed by atoms with Crippen molar-refractivity contribution in [1.82, 2.24) is 10.3 Å². The van der Waals surface area contributed by atoms with Gasteiger partial charge in [-0.25, -0.2) is 4.79 Å². The average molecular weight is 362 g/mol. The second-order valence-electron chi connectivity index (χ2n) is 6.88. The molecule has 0 unspecified atom stereocenters. The third-order valence-corrected chi connectivity index (χ3v) is 4.44. The highest BCUT2D eigenvalue weighted by atomic mass is 16.4. The highest BCUT2D eigenvalue weighted by molar-refractivity contribution is 5.98. The fourth-order valence-electron chi connectivity index (χ4n) is 2.85. The molecular formula is C21H22N4O2. The molecule has 0 radical (unpaired) electrons. The molecule has 2 aromatic carbocycles. The number of pyridine rings is 1. The minimum atomic E-state index is -0.620. The summed E-state index contributed by atoms with van der Waals surface area (Å²) in [6.45, 7) is 5.55. The molecule has 0 saturated heterocycles. The van der Waals surface area contributed by atoms with Crippen LogP contribution in [-0.4, -0.2) is 21.9 Å². The van der Waals surface area contributed by atoms with Gasteiger partial charge in [0.2, 0.25) is 0 Å². The first-order valence-corrected chi connectivity index (χ1v) is 8.62. The molecule has 1 heterocycles. The minimum Gasteiger partial charge on any atom is -0.411 e. The predicted octanol–water partition coefficient (Wildman–Crippen LogP) is 4.49. The van der Waals surface area contributed by atoms with Crippen molar-refractivity contribution in [3.8, 4) is 0 Å². The van der Waals surface area contributed by atoms with Crippen LogP contribution in [0, 0.1) is 0 Å². The Morgan fingerprint density at radius 2 is 1.93 bits per heavy atom. The largest absolute Gasteiger partial charge is 0.411 e. The Hall–Kier alpha value is -3.41. The highest BCUT2D eigenvalue weighted by Gasteiger charge is 2.23. The maximum Gasteiger partial charge on any atom is 0.319 e. The molecule has 6 nitrogen and oxygen atoms in total. The van der Waals surface area contributed by atoms with E-state index < -0.39 is 5.54 Å². The normalized spacial score (nSPS) is 12.0. The number of benzene rings is 2. The SMILES string of the molecule is C/C(=N\O)c1cccc(C(C)(C)NC(=O)Nc2ccc3cccnc3c2)c1. The lowest BCUT2D eigenvalue weighted by Crippen LogP contribution is -2.43. The van der Waals surface area contributed by atoms with Crippen LogP contribution in [0.1, 0.15) is 31.9 Å². The van der Waals surface area contributed by atoms with Crippen LogP contribution in [0.4, 0.5) is 10.5 Å². The maximum absolute atomic E-state index is 12.5. The molecule has 3 N–H and O–H groups in total. The third-order valence-electron chi connectivity index (χ3n) is 4.44. The molecule has 0 fully saturated rings. The van der Waals surface area contributed by atoms with E-state index in [0.29, 0.717) is 11.4 Å². The summed E-state index contributed by atoms with van der Waals surface area (Å²) in [5.41, 5.74) is 3.09. The van der Waals surface area contributed by atoms with Gasteiger partial charge in [-0.15, -0.1) is 0 Å². The van der Waals surface area contributed by atoms with Crippen LogP contribution < -0.4 is 10.6 Å². The van der Waals surface area contributed by atoms with E-state index in [1.807, 2.05) is 68.4 Å². The Bertz CT molecular complexity index is 1010. The Morgan fingerprint density at radius 3 is 2.70 bits per heavy atom. The summed E-state index contributed by atoms with van der Waals surface area (Å²) in [7, 11) is 0. The number of carbonyl (C=O) groups is 1. The molecule has 0 atom stereocenters. The summed E-state index contributed by atoms with van der Waals surface area (Å²) in [6, 6.07) is 16.7. The predicted molar refractivity (Wildman–Crippen MR) is 107 cm³/mol. The standard InChI is InChI=1S/C21H22N4O2/c1-14(25-27)16-6-4-8-17(12-16)21(2,3)24-20(26)23-18-10-9-15-7-5-11-22-19(15)13-18/h4-13,27H,1-3H3,(H2,23,24,26)/b25-14+. The Labute approximate surface area is 157 Å². The van der Waals surface area contributed by atoms with E-state index >= 15 is 0 Å². The zero-order chi connectivity index (χ0) is 19.4. The van der Waals surface area contributed by atoms with Crippen molar-refractivity contribution >= 4 is 28.3 Å². The first kappa shape index (κ1) is 18.4. The highest BCUT2D eigenvalue weighted by Crippen LogP contribution is 2.22. The molecule has 27 heavy (non-hydrogen) atoms. The number of nitrogens with one attached hydrogen (secondary N) is 2. The quantitative estimate of drug-likeness (QED) is 0.363. The van der Waals surface area contributed by atoms with Crippen LogP contribution in [-0.2, 0) is 5.54 Å². The zero-order valence-electron chi connectivity index (χ0n) is 15.5. The minimum absolute atomic E-state index is 0.312. The number of nitrogens with zero attached hydrogens (tertiary/aromatic N) is 2. The van der Waals surface area contributed by atoms with Crippen molar-refractivity contribution in [2.75, 3.05) is 5.32 Å². The van der Waals surface area contributed by atoms with Crippen LogP contribution in [0.25, 0.3) is 10.9 Å². The molecule has 1 aromatic heterocycles. The fourth-order valence-corrected chi connectivity index (χ4v) is 2.85. The van der Waals surface area contributed by atoms with E-state index in [0.717, 1.165) is 22.0 Å². The molecule has 0 spiro atoms. The number of anilines is 1. The molecule has 0 aliphatic rings. The lowest BCUT2D eigenvalue weighted by Gasteiger charge is -2.27. The Balaban J connectivity index is 1.75. The maximum atomic E-state index is 12.5. The Kier molecular flexibility index (Phi) is 5.07. The van der Waals surface area contributed by atoms with E-state index in [1.54, 1.807) is 13.1 Å². The molecule has 6 heteroatoms. The molecule has 138 valence electrons. The first-order chi connectivity index (χ1) is 12.9. The summed E-state index contributed by atoms with van der Waals surface area (Å²) in [5, 5.41) is 19.1. The molecule has 0 saturated carbocycles. The van der Waals surface area contributed by atoms with Crippen LogP contribution >= 0.6 is 0 Å². The van der Waals surface area contributed by atoms with Gasteiger partial charge in [0, 0.05) is 17.3 Å². The van der Waals surface area contributed by atoms with E-state index in [1.165, 1.54) is 0 Å². The van der Waals surface area contributed by atoms with Gasteiger partial charge in [0.1, 0.15) is 0 Å². The molecule has 0 aliphatic carbocycles. The number of fused-ring (bicyclic) bond motifs is 1. The van der Waals surface area contributed by atoms with Crippen molar-refractivity contribution in [3.05, 3.63) is 71.9 Å². The molecule has 0 aliphatic heterocycles. The zero-order valence-corrected chi connectivity index (χ0v) is 15.5. The number of amides is 2. The summed E-state index contributed by atoms with van der Waals surface area (Å²) in [6.07, 6.45) is 1.72. The first-order valence-electron chi connectivity index (χ1n) is 8.62. The van der Waals surface area contributed by atoms with Gasteiger partial charge in [-0.05, 0) is 56.2 Å². The molecular weight excluding hydrogens is 340 g/mol. The number of rotatable bonds is 4. The monoisotopic (exact) mass is 362 g/mol. The molecule has 2 amide bonds. The van der Waals surface area contributed by atoms with Gasteiger partial charge >= 0.3 is 6.03 Å². The lowest BCUT2D eigenvalue weighted by molar-refractivity contribution is 0.242. The van der Waals surface area contributed by atoms with Crippen molar-refractivity contribution in [2.24, 2.45) is 5.16 Å². The number of oxime groups is 1. The number of carbonyl (C=O) groups excluding carboxylic acids is 1. The number of urea groups is 1. The summed E-state index contributed by atoms with van der Waals surface area (Å²) < 4.78 is 0. The number of hydrogen-bond donors (Lipinski definition) is 3. The van der Waals surface area contributed by atoms with E-state index in [4.69, 9.17) is 5.21 Å². The molecule has 3 aromatic rings. The van der Waals surface area contributed by atoms with Gasteiger partial charge in [-0.1, -0.05) is 35.5 Å². The van der Waals surface area contributed by atoms with Crippen molar-refractivity contribution in [3.63, 3.8) is 0 Å². The van der Waals surface area contributed by atoms with Gasteiger partial charge in [-0.3, -0.25) is 4.98 Å². The van der Waals surface area contributed by atoms with Crippen LogP contribution in [0.15, 0.2) is 65.9 Å². The topological polar surface area (TPSA) is 86.6 Å². The van der Waals surface area contributed by atoms with Gasteiger partial charge in [0.15, 0.2) is 0 Å². The third kappa shape index (κ3) is 4.23. The summed E-state index contributed by atoms with van der Waals surface area (Å²) >= 11 is 0. The van der Waals surface area contributed by atoms with E-state index in [2.05, 4.69) is 20.8 Å². The van der Waals surface area contributed by atoms with Crippen molar-refractivity contribution in [2.45, 2.75) is 26.3 Å². The van der Waals surface area contributed by atoms with Gasteiger partial charge in [0.25, 0.3) is 0 Å². The van der Waals surface area contributed by atoms with E-state index in [9.17, 15) is 4.79 Å². The number of hydrogen-bond acceptors (Lipinski definition) is 4. The second kappa shape index (κ2) is 7.45.